The average Bonchev–Trinajstić information content (AvgIpc) is 2.19. The molecule has 0 amide bonds. The Morgan fingerprint density at radius 3 is 2.86 bits per heavy atom. The first-order valence-electron chi connectivity index (χ1n) is 4.55. The monoisotopic (exact) mass is 187 g/mol. The maximum Gasteiger partial charge on any atom is 0.0826 e. The molecule has 0 fully saturated rings. The molecule has 3 heteroatoms. The molecule has 0 aromatic carbocycles. The molecule has 3 nitrogen and oxygen atoms in total. The molecule has 0 spiro atoms. The van der Waals surface area contributed by atoms with E-state index in [-0.39, 0.29) is 0 Å². The van der Waals surface area contributed by atoms with Crippen molar-refractivity contribution in [3.05, 3.63) is 54.0 Å². The van der Waals surface area contributed by atoms with Crippen LogP contribution in [0.4, 0.5) is 0 Å². The number of pyridine rings is 1. The molecule has 4 N–H and O–H groups in total. The van der Waals surface area contributed by atoms with Gasteiger partial charge in [0.05, 0.1) is 11.2 Å². The minimum atomic E-state index is -0.542. The van der Waals surface area contributed by atoms with Crippen LogP contribution in [0.25, 0.3) is 0 Å². The van der Waals surface area contributed by atoms with Crippen LogP contribution in [0, 0.1) is 0 Å². The Bertz CT molecular complexity index is 381. The number of rotatable bonds is 1. The average molecular weight is 187 g/mol. The van der Waals surface area contributed by atoms with E-state index in [0.29, 0.717) is 6.42 Å². The summed E-state index contributed by atoms with van der Waals surface area (Å²) in [5, 5.41) is 0. The van der Waals surface area contributed by atoms with Gasteiger partial charge >= 0.3 is 0 Å². The van der Waals surface area contributed by atoms with Gasteiger partial charge in [0, 0.05) is 18.3 Å². The molecule has 1 aromatic heterocycles. The summed E-state index contributed by atoms with van der Waals surface area (Å²) in [6, 6.07) is 5.72. The molecule has 0 aliphatic heterocycles. The Kier molecular flexibility index (Phi) is 2.09. The van der Waals surface area contributed by atoms with Crippen LogP contribution in [-0.2, 0) is 5.54 Å². The fraction of sp³-hybridized carbons (Fsp3) is 0.182. The Morgan fingerprint density at radius 1 is 1.36 bits per heavy atom. The van der Waals surface area contributed by atoms with Gasteiger partial charge in [-0.05, 0) is 18.2 Å². The number of hydrogen-bond acceptors (Lipinski definition) is 3. The van der Waals surface area contributed by atoms with Gasteiger partial charge in [0.15, 0.2) is 0 Å². The highest BCUT2D eigenvalue weighted by Gasteiger charge is 2.27. The topological polar surface area (TPSA) is 64.9 Å². The summed E-state index contributed by atoms with van der Waals surface area (Å²) in [5.41, 5.74) is 13.1. The minimum absolute atomic E-state index is 0.542. The van der Waals surface area contributed by atoms with Crippen molar-refractivity contribution < 1.29 is 0 Å². The molecule has 1 heterocycles. The summed E-state index contributed by atoms with van der Waals surface area (Å²) in [6.07, 6.45) is 8.06. The fourth-order valence-electron chi connectivity index (χ4n) is 1.61. The van der Waals surface area contributed by atoms with Crippen molar-refractivity contribution in [2.45, 2.75) is 12.0 Å². The van der Waals surface area contributed by atoms with Crippen LogP contribution in [0.15, 0.2) is 48.3 Å². The molecule has 0 radical (unpaired) electrons. The smallest absolute Gasteiger partial charge is 0.0826 e. The van der Waals surface area contributed by atoms with Crippen molar-refractivity contribution in [1.29, 1.82) is 0 Å². The largest absolute Gasteiger partial charge is 0.402 e. The third kappa shape index (κ3) is 1.54. The van der Waals surface area contributed by atoms with Gasteiger partial charge in [-0.15, -0.1) is 0 Å². The zero-order chi connectivity index (χ0) is 10.0. The first-order valence-corrected chi connectivity index (χ1v) is 4.55. The summed E-state index contributed by atoms with van der Waals surface area (Å²) in [6.45, 7) is 0. The van der Waals surface area contributed by atoms with Crippen LogP contribution >= 0.6 is 0 Å². The molecular weight excluding hydrogens is 174 g/mol. The first-order chi connectivity index (χ1) is 6.71. The summed E-state index contributed by atoms with van der Waals surface area (Å²) >= 11 is 0. The number of allylic oxidation sites excluding steroid dienone is 2. The molecule has 2 rings (SSSR count). The molecule has 1 aliphatic carbocycles. The highest BCUT2D eigenvalue weighted by atomic mass is 14.8. The van der Waals surface area contributed by atoms with Gasteiger partial charge in [-0.3, -0.25) is 4.98 Å². The number of nitrogens with two attached hydrogens (primary N) is 2. The second-order valence-electron chi connectivity index (χ2n) is 3.53. The van der Waals surface area contributed by atoms with Crippen molar-refractivity contribution in [2.75, 3.05) is 0 Å². The van der Waals surface area contributed by atoms with Gasteiger partial charge < -0.3 is 11.5 Å². The maximum atomic E-state index is 6.20. The van der Waals surface area contributed by atoms with Crippen molar-refractivity contribution in [2.24, 2.45) is 11.5 Å². The Balaban J connectivity index is 2.35. The number of hydrogen-bond donors (Lipinski definition) is 2. The summed E-state index contributed by atoms with van der Waals surface area (Å²) < 4.78 is 0. The van der Waals surface area contributed by atoms with Crippen molar-refractivity contribution in [1.82, 2.24) is 4.98 Å². The Hall–Kier alpha value is -1.61. The standard InChI is InChI=1S/C11H13N3/c12-9-4-3-6-11(13,8-9)10-5-1-2-7-14-10/h1-7H,8,12-13H2. The summed E-state index contributed by atoms with van der Waals surface area (Å²) in [7, 11) is 0. The number of nitrogens with zero attached hydrogens (tertiary/aromatic N) is 1. The predicted octanol–water partition coefficient (Wildman–Crippen LogP) is 1.04. The molecular formula is C11H13N3. The SMILES string of the molecule is NC1=CC=CC(N)(c2ccccn2)C1. The highest BCUT2D eigenvalue weighted by Crippen LogP contribution is 2.26. The van der Waals surface area contributed by atoms with Gasteiger partial charge in [0.1, 0.15) is 0 Å². The Labute approximate surface area is 83.1 Å². The summed E-state index contributed by atoms with van der Waals surface area (Å²) in [5.74, 6) is 0. The van der Waals surface area contributed by atoms with E-state index >= 15 is 0 Å². The van der Waals surface area contributed by atoms with Crippen LogP contribution in [-0.4, -0.2) is 4.98 Å². The van der Waals surface area contributed by atoms with E-state index in [2.05, 4.69) is 4.98 Å². The normalized spacial score (nSPS) is 25.9. The first kappa shape index (κ1) is 8.97. The van der Waals surface area contributed by atoms with E-state index in [1.165, 1.54) is 0 Å². The van der Waals surface area contributed by atoms with Crippen LogP contribution in [0.3, 0.4) is 0 Å². The lowest BCUT2D eigenvalue weighted by Gasteiger charge is -2.27. The molecule has 1 unspecified atom stereocenters. The molecule has 1 aliphatic rings. The second-order valence-corrected chi connectivity index (χ2v) is 3.53. The van der Waals surface area contributed by atoms with Crippen LogP contribution in [0.2, 0.25) is 0 Å². The van der Waals surface area contributed by atoms with Crippen LogP contribution in [0.5, 0.6) is 0 Å². The van der Waals surface area contributed by atoms with E-state index in [1.807, 2.05) is 36.4 Å². The summed E-state index contributed by atoms with van der Waals surface area (Å²) in [4.78, 5) is 4.25. The van der Waals surface area contributed by atoms with Crippen molar-refractivity contribution >= 4 is 0 Å². The van der Waals surface area contributed by atoms with Gasteiger partial charge in [-0.25, -0.2) is 0 Å². The lowest BCUT2D eigenvalue weighted by molar-refractivity contribution is 0.528. The molecule has 0 saturated carbocycles. The van der Waals surface area contributed by atoms with E-state index in [0.717, 1.165) is 11.4 Å². The van der Waals surface area contributed by atoms with Gasteiger partial charge in [0.25, 0.3) is 0 Å². The third-order valence-electron chi connectivity index (χ3n) is 2.34. The third-order valence-corrected chi connectivity index (χ3v) is 2.34. The molecule has 14 heavy (non-hydrogen) atoms. The van der Waals surface area contributed by atoms with Gasteiger partial charge in [0.2, 0.25) is 0 Å². The van der Waals surface area contributed by atoms with Gasteiger partial charge in [-0.2, -0.15) is 0 Å². The lowest BCUT2D eigenvalue weighted by Crippen LogP contribution is -2.38. The van der Waals surface area contributed by atoms with E-state index < -0.39 is 5.54 Å². The molecule has 1 aromatic rings. The zero-order valence-corrected chi connectivity index (χ0v) is 7.85. The van der Waals surface area contributed by atoms with Crippen LogP contribution < -0.4 is 11.5 Å². The van der Waals surface area contributed by atoms with E-state index in [9.17, 15) is 0 Å². The maximum absolute atomic E-state index is 6.20. The van der Waals surface area contributed by atoms with E-state index in [4.69, 9.17) is 11.5 Å². The van der Waals surface area contributed by atoms with Crippen molar-refractivity contribution in [3.8, 4) is 0 Å². The molecule has 1 atom stereocenters. The molecule has 72 valence electrons. The lowest BCUT2D eigenvalue weighted by atomic mass is 9.87. The van der Waals surface area contributed by atoms with E-state index in [1.54, 1.807) is 6.20 Å². The van der Waals surface area contributed by atoms with Gasteiger partial charge in [-0.1, -0.05) is 18.2 Å². The Morgan fingerprint density at radius 2 is 2.21 bits per heavy atom. The molecule has 0 bridgehead atoms. The molecule has 0 saturated heterocycles. The zero-order valence-electron chi connectivity index (χ0n) is 7.85. The second kappa shape index (κ2) is 3.27. The number of aromatic nitrogens is 1. The quantitative estimate of drug-likeness (QED) is 0.690. The fourth-order valence-corrected chi connectivity index (χ4v) is 1.61. The predicted molar refractivity (Wildman–Crippen MR) is 56.1 cm³/mol. The van der Waals surface area contributed by atoms with Crippen molar-refractivity contribution in [3.63, 3.8) is 0 Å². The highest BCUT2D eigenvalue weighted by molar-refractivity contribution is 5.32. The minimum Gasteiger partial charge on any atom is -0.402 e. The van der Waals surface area contributed by atoms with Crippen LogP contribution in [0.1, 0.15) is 12.1 Å².